The molecule has 162 valence electrons. The van der Waals surface area contributed by atoms with E-state index in [-0.39, 0.29) is 11.7 Å². The summed E-state index contributed by atoms with van der Waals surface area (Å²) in [5, 5.41) is 13.6. The van der Waals surface area contributed by atoms with Gasteiger partial charge in [-0.25, -0.2) is 4.39 Å². The van der Waals surface area contributed by atoms with Gasteiger partial charge in [0.05, 0.1) is 12.2 Å². The Morgan fingerprint density at radius 3 is 2.68 bits per heavy atom. The van der Waals surface area contributed by atoms with E-state index in [9.17, 15) is 9.50 Å². The summed E-state index contributed by atoms with van der Waals surface area (Å²) in [6.07, 6.45) is 6.28. The Morgan fingerprint density at radius 1 is 1.16 bits per heavy atom. The average Bonchev–Trinajstić information content (AvgIpc) is 2.92. The van der Waals surface area contributed by atoms with Crippen molar-refractivity contribution in [3.63, 3.8) is 0 Å². The minimum absolute atomic E-state index is 0.0323. The van der Waals surface area contributed by atoms with E-state index in [0.29, 0.717) is 6.54 Å². The lowest BCUT2D eigenvalue weighted by molar-refractivity contribution is -0.0276. The molecule has 2 aliphatic heterocycles. The molecule has 0 radical (unpaired) electrons. The molecule has 1 N–H and O–H groups in total. The van der Waals surface area contributed by atoms with Crippen LogP contribution >= 0.6 is 0 Å². The van der Waals surface area contributed by atoms with Gasteiger partial charge in [0, 0.05) is 36.6 Å². The van der Waals surface area contributed by atoms with Gasteiger partial charge < -0.3 is 14.6 Å². The van der Waals surface area contributed by atoms with Gasteiger partial charge in [-0.05, 0) is 60.7 Å². The lowest BCUT2D eigenvalue weighted by atomic mass is 9.71. The second kappa shape index (κ2) is 7.52. The number of aryl methyl sites for hydroxylation is 1. The first kappa shape index (κ1) is 20.3. The van der Waals surface area contributed by atoms with Gasteiger partial charge in [-0.1, -0.05) is 43.5 Å². The summed E-state index contributed by atoms with van der Waals surface area (Å²) >= 11 is 0. The number of halogens is 1. The van der Waals surface area contributed by atoms with E-state index in [1.54, 1.807) is 12.1 Å². The fourth-order valence-corrected chi connectivity index (χ4v) is 5.63. The molecule has 0 bridgehead atoms. The van der Waals surface area contributed by atoms with Crippen LogP contribution in [0.25, 0.3) is 16.5 Å². The predicted octanol–water partition coefficient (Wildman–Crippen LogP) is 5.63. The summed E-state index contributed by atoms with van der Waals surface area (Å²) in [5.41, 5.74) is 6.06. The van der Waals surface area contributed by atoms with Crippen molar-refractivity contribution < 1.29 is 9.50 Å². The minimum atomic E-state index is -1.08. The Labute approximate surface area is 183 Å². The summed E-state index contributed by atoms with van der Waals surface area (Å²) in [7, 11) is 2.12. The number of rotatable bonds is 4. The van der Waals surface area contributed by atoms with Crippen molar-refractivity contribution in [1.29, 1.82) is 0 Å². The molecule has 0 spiro atoms. The van der Waals surface area contributed by atoms with Crippen LogP contribution in [0.1, 0.15) is 48.6 Å². The molecule has 2 aliphatic rings. The molecule has 0 saturated carbocycles. The highest BCUT2D eigenvalue weighted by Crippen LogP contribution is 2.51. The van der Waals surface area contributed by atoms with Crippen molar-refractivity contribution in [3.8, 4) is 0 Å². The lowest BCUT2D eigenvalue weighted by Gasteiger charge is -2.43. The zero-order chi connectivity index (χ0) is 21.8. The molecule has 0 amide bonds. The molecule has 3 aromatic rings. The Kier molecular flexibility index (Phi) is 4.93. The number of fused-ring (bicyclic) bond motifs is 3. The van der Waals surface area contributed by atoms with E-state index in [4.69, 9.17) is 0 Å². The molecular weight excluding hydrogens is 387 g/mol. The van der Waals surface area contributed by atoms with Crippen LogP contribution in [0.4, 0.5) is 4.39 Å². The lowest BCUT2D eigenvalue weighted by Crippen LogP contribution is -2.44. The SMILES string of the molecule is CCCCC1C2=CN(C)CCc3c2n(c2ccc(C)cc32)CC1(O)c1ccc(F)cc1. The number of benzene rings is 2. The third kappa shape index (κ3) is 3.20. The van der Waals surface area contributed by atoms with Gasteiger partial charge in [0.25, 0.3) is 0 Å². The van der Waals surface area contributed by atoms with E-state index < -0.39 is 5.60 Å². The number of hydrogen-bond acceptors (Lipinski definition) is 2. The van der Waals surface area contributed by atoms with E-state index in [0.717, 1.165) is 37.8 Å². The molecule has 3 heterocycles. The van der Waals surface area contributed by atoms with Crippen molar-refractivity contribution in [2.24, 2.45) is 5.92 Å². The molecule has 3 nitrogen and oxygen atoms in total. The fraction of sp³-hybridized carbons (Fsp3) is 0.407. The van der Waals surface area contributed by atoms with E-state index in [2.05, 4.69) is 54.8 Å². The number of nitrogens with zero attached hydrogens (tertiary/aromatic N) is 2. The van der Waals surface area contributed by atoms with Crippen LogP contribution in [0.2, 0.25) is 0 Å². The largest absolute Gasteiger partial charge is 0.383 e. The van der Waals surface area contributed by atoms with Crippen LogP contribution in [0, 0.1) is 18.7 Å². The van der Waals surface area contributed by atoms with Crippen LogP contribution in [0.5, 0.6) is 0 Å². The third-order valence-corrected chi connectivity index (χ3v) is 7.21. The van der Waals surface area contributed by atoms with Gasteiger partial charge in [-0.3, -0.25) is 0 Å². The van der Waals surface area contributed by atoms with Gasteiger partial charge in [-0.2, -0.15) is 0 Å². The van der Waals surface area contributed by atoms with Crippen molar-refractivity contribution in [3.05, 3.63) is 76.9 Å². The van der Waals surface area contributed by atoms with Crippen LogP contribution < -0.4 is 0 Å². The van der Waals surface area contributed by atoms with Gasteiger partial charge in [-0.15, -0.1) is 0 Å². The van der Waals surface area contributed by atoms with E-state index in [1.165, 1.54) is 45.4 Å². The molecule has 1 aromatic heterocycles. The monoisotopic (exact) mass is 418 g/mol. The van der Waals surface area contributed by atoms with Crippen LogP contribution in [0.15, 0.2) is 48.7 Å². The van der Waals surface area contributed by atoms with E-state index in [1.807, 2.05) is 0 Å². The minimum Gasteiger partial charge on any atom is -0.383 e. The van der Waals surface area contributed by atoms with Gasteiger partial charge in [0.2, 0.25) is 0 Å². The Bertz CT molecular complexity index is 1160. The van der Waals surface area contributed by atoms with Gasteiger partial charge in [0.1, 0.15) is 11.4 Å². The molecule has 2 atom stereocenters. The Morgan fingerprint density at radius 2 is 1.94 bits per heavy atom. The molecule has 0 saturated heterocycles. The molecule has 4 heteroatoms. The summed E-state index contributed by atoms with van der Waals surface area (Å²) in [5.74, 6) is -0.304. The maximum atomic E-state index is 13.7. The summed E-state index contributed by atoms with van der Waals surface area (Å²) < 4.78 is 16.0. The van der Waals surface area contributed by atoms with Crippen LogP contribution in [-0.4, -0.2) is 28.2 Å². The first-order chi connectivity index (χ1) is 14.9. The standard InChI is InChI=1S/C27H31FN2O/c1-4-5-6-24-23-16-29(3)14-13-21-22-15-18(2)7-12-25(22)30(26(21)23)17-27(24,31)19-8-10-20(28)11-9-19/h7-12,15-16,24,31H,4-6,13-14,17H2,1-3H3. The molecule has 2 aromatic carbocycles. The molecule has 2 unspecified atom stereocenters. The fourth-order valence-electron chi connectivity index (χ4n) is 5.63. The molecular formula is C27H31FN2O. The number of aromatic nitrogens is 1. The molecule has 0 fully saturated rings. The van der Waals surface area contributed by atoms with Crippen molar-refractivity contribution in [2.75, 3.05) is 13.6 Å². The van der Waals surface area contributed by atoms with Crippen LogP contribution in [-0.2, 0) is 18.6 Å². The highest BCUT2D eigenvalue weighted by Gasteiger charge is 2.47. The first-order valence-corrected chi connectivity index (χ1v) is 11.4. The Hall–Kier alpha value is -2.59. The smallest absolute Gasteiger partial charge is 0.123 e. The van der Waals surface area contributed by atoms with Gasteiger partial charge in [0.15, 0.2) is 0 Å². The maximum absolute atomic E-state index is 13.7. The van der Waals surface area contributed by atoms with Crippen molar-refractivity contribution in [1.82, 2.24) is 9.47 Å². The quantitative estimate of drug-likeness (QED) is 0.595. The third-order valence-electron chi connectivity index (χ3n) is 7.21. The highest BCUT2D eigenvalue weighted by atomic mass is 19.1. The molecule has 0 aliphatic carbocycles. The predicted molar refractivity (Wildman–Crippen MR) is 124 cm³/mol. The average molecular weight is 419 g/mol. The normalized spacial score (nSPS) is 22.9. The number of unbranched alkanes of at least 4 members (excludes halogenated alkanes) is 1. The zero-order valence-corrected chi connectivity index (χ0v) is 18.7. The molecule has 5 rings (SSSR count). The van der Waals surface area contributed by atoms with Crippen molar-refractivity contribution in [2.45, 2.75) is 51.7 Å². The first-order valence-electron chi connectivity index (χ1n) is 11.4. The van der Waals surface area contributed by atoms with Crippen molar-refractivity contribution >= 4 is 16.5 Å². The maximum Gasteiger partial charge on any atom is 0.123 e. The Balaban J connectivity index is 1.79. The van der Waals surface area contributed by atoms with Gasteiger partial charge >= 0.3 is 0 Å². The second-order valence-corrected chi connectivity index (χ2v) is 9.37. The summed E-state index contributed by atoms with van der Waals surface area (Å²) in [6, 6.07) is 13.1. The summed E-state index contributed by atoms with van der Waals surface area (Å²) in [4.78, 5) is 2.26. The zero-order valence-electron chi connectivity index (χ0n) is 18.7. The summed E-state index contributed by atoms with van der Waals surface area (Å²) in [6.45, 7) is 5.78. The van der Waals surface area contributed by atoms with E-state index >= 15 is 0 Å². The number of likely N-dealkylation sites (N-methyl/N-ethyl adjacent to an activating group) is 1. The molecule has 31 heavy (non-hydrogen) atoms. The number of aliphatic hydroxyl groups is 1. The highest BCUT2D eigenvalue weighted by molar-refractivity contribution is 5.92. The second-order valence-electron chi connectivity index (χ2n) is 9.37. The topological polar surface area (TPSA) is 28.4 Å². The van der Waals surface area contributed by atoms with Crippen LogP contribution in [0.3, 0.4) is 0 Å². The number of hydrogen-bond donors (Lipinski definition) is 1.